The molecule has 1 saturated heterocycles. The van der Waals surface area contributed by atoms with Gasteiger partial charge in [-0.25, -0.2) is 9.67 Å². The normalized spacial score (nSPS) is 16.7. The molecule has 2 aromatic heterocycles. The molecule has 0 aliphatic carbocycles. The van der Waals surface area contributed by atoms with Crippen molar-refractivity contribution in [2.75, 3.05) is 13.2 Å². The van der Waals surface area contributed by atoms with Gasteiger partial charge in [-0.05, 0) is 56.9 Å². The average Bonchev–Trinajstić information content (AvgIpc) is 3.14. The zero-order chi connectivity index (χ0) is 20.1. The minimum atomic E-state index is 0.203. The molecule has 6 nitrogen and oxygen atoms in total. The zero-order valence-electron chi connectivity index (χ0n) is 17.2. The van der Waals surface area contributed by atoms with E-state index in [1.807, 2.05) is 22.9 Å². The Morgan fingerprint density at radius 1 is 1.14 bits per heavy atom. The highest BCUT2D eigenvalue weighted by Crippen LogP contribution is 2.21. The molecule has 3 aromatic rings. The Morgan fingerprint density at radius 3 is 2.76 bits per heavy atom. The molecule has 1 atom stereocenters. The second-order valence-electron chi connectivity index (χ2n) is 7.63. The van der Waals surface area contributed by atoms with Crippen molar-refractivity contribution in [3.63, 3.8) is 0 Å². The maximum Gasteiger partial charge on any atom is 0.181 e. The Hall–Kier alpha value is -2.73. The third-order valence-corrected chi connectivity index (χ3v) is 5.25. The molecule has 29 heavy (non-hydrogen) atoms. The molecule has 0 bridgehead atoms. The SMILES string of the molecule is Cc1ccc(OCCc2nc(-c3ccncc3)nn2CC2CCCCO2)c(C)c1. The van der Waals surface area contributed by atoms with Crippen molar-refractivity contribution >= 4 is 0 Å². The maximum atomic E-state index is 6.03. The summed E-state index contributed by atoms with van der Waals surface area (Å²) in [4.78, 5) is 8.89. The summed E-state index contributed by atoms with van der Waals surface area (Å²) in [5, 5.41) is 4.77. The molecule has 152 valence electrons. The van der Waals surface area contributed by atoms with Crippen LogP contribution in [0, 0.1) is 13.8 Å². The van der Waals surface area contributed by atoms with Crippen LogP contribution in [-0.2, 0) is 17.7 Å². The van der Waals surface area contributed by atoms with Crippen LogP contribution in [-0.4, -0.2) is 39.1 Å². The Balaban J connectivity index is 1.49. The lowest BCUT2D eigenvalue weighted by molar-refractivity contribution is 0.00339. The number of rotatable bonds is 7. The summed E-state index contributed by atoms with van der Waals surface area (Å²) in [6, 6.07) is 10.1. The largest absolute Gasteiger partial charge is 0.493 e. The lowest BCUT2D eigenvalue weighted by Gasteiger charge is -2.22. The quantitative estimate of drug-likeness (QED) is 0.604. The number of benzene rings is 1. The molecule has 3 heterocycles. The third kappa shape index (κ3) is 5.01. The molecule has 1 unspecified atom stereocenters. The predicted molar refractivity (Wildman–Crippen MR) is 112 cm³/mol. The molecule has 4 rings (SSSR count). The molecule has 6 heteroatoms. The molecular weight excluding hydrogens is 364 g/mol. The highest BCUT2D eigenvalue weighted by molar-refractivity contribution is 5.53. The van der Waals surface area contributed by atoms with E-state index in [0.717, 1.165) is 54.5 Å². The maximum absolute atomic E-state index is 6.03. The highest BCUT2D eigenvalue weighted by Gasteiger charge is 2.19. The lowest BCUT2D eigenvalue weighted by atomic mass is 10.1. The van der Waals surface area contributed by atoms with Crippen molar-refractivity contribution in [2.24, 2.45) is 0 Å². The minimum absolute atomic E-state index is 0.203. The van der Waals surface area contributed by atoms with E-state index in [1.165, 1.54) is 12.0 Å². The second kappa shape index (κ2) is 9.18. The van der Waals surface area contributed by atoms with E-state index < -0.39 is 0 Å². The lowest BCUT2D eigenvalue weighted by Crippen LogP contribution is -2.26. The van der Waals surface area contributed by atoms with Crippen molar-refractivity contribution < 1.29 is 9.47 Å². The highest BCUT2D eigenvalue weighted by atomic mass is 16.5. The number of pyridine rings is 1. The second-order valence-corrected chi connectivity index (χ2v) is 7.63. The third-order valence-electron chi connectivity index (χ3n) is 5.25. The van der Waals surface area contributed by atoms with Crippen LogP contribution in [0.5, 0.6) is 5.75 Å². The van der Waals surface area contributed by atoms with Crippen molar-refractivity contribution in [1.29, 1.82) is 0 Å². The molecular formula is C23H28N4O2. The summed E-state index contributed by atoms with van der Waals surface area (Å²) >= 11 is 0. The van der Waals surface area contributed by atoms with Gasteiger partial charge in [-0.15, -0.1) is 0 Å². The zero-order valence-corrected chi connectivity index (χ0v) is 17.2. The summed E-state index contributed by atoms with van der Waals surface area (Å²) in [7, 11) is 0. The van der Waals surface area contributed by atoms with Crippen molar-refractivity contribution in [3.05, 3.63) is 59.7 Å². The molecule has 0 spiro atoms. The molecule has 1 fully saturated rings. The van der Waals surface area contributed by atoms with Gasteiger partial charge in [0.2, 0.25) is 0 Å². The fourth-order valence-electron chi connectivity index (χ4n) is 3.69. The molecule has 0 saturated carbocycles. The molecule has 1 aliphatic rings. The van der Waals surface area contributed by atoms with Crippen LogP contribution < -0.4 is 4.74 Å². The number of hydrogen-bond acceptors (Lipinski definition) is 5. The van der Waals surface area contributed by atoms with Gasteiger partial charge in [0.05, 0.1) is 19.3 Å². The van der Waals surface area contributed by atoms with E-state index in [2.05, 4.69) is 31.0 Å². The first kappa shape index (κ1) is 19.6. The standard InChI is InChI=1S/C23H28N4O2/c1-17-6-7-21(18(2)15-17)29-14-10-22-25-23(19-8-11-24-12-9-19)26-27(22)16-20-5-3-4-13-28-20/h6-9,11-12,15,20H,3-5,10,13-14,16H2,1-2H3. The molecule has 1 aromatic carbocycles. The first-order chi connectivity index (χ1) is 14.2. The Morgan fingerprint density at radius 2 is 2.00 bits per heavy atom. The van der Waals surface area contributed by atoms with Crippen molar-refractivity contribution in [3.8, 4) is 17.1 Å². The van der Waals surface area contributed by atoms with E-state index in [1.54, 1.807) is 12.4 Å². The van der Waals surface area contributed by atoms with Crippen LogP contribution in [0.1, 0.15) is 36.2 Å². The molecule has 0 amide bonds. The summed E-state index contributed by atoms with van der Waals surface area (Å²) in [6.45, 7) is 6.29. The molecule has 0 N–H and O–H groups in total. The smallest absolute Gasteiger partial charge is 0.181 e. The van der Waals surface area contributed by atoms with Gasteiger partial charge in [-0.1, -0.05) is 17.7 Å². The van der Waals surface area contributed by atoms with E-state index in [9.17, 15) is 0 Å². The number of aryl methyl sites for hydroxylation is 2. The van der Waals surface area contributed by atoms with Crippen LogP contribution in [0.4, 0.5) is 0 Å². The van der Waals surface area contributed by atoms with Crippen LogP contribution in [0.2, 0.25) is 0 Å². The van der Waals surface area contributed by atoms with Gasteiger partial charge in [-0.3, -0.25) is 4.98 Å². The Bertz CT molecular complexity index is 933. The van der Waals surface area contributed by atoms with Gasteiger partial charge < -0.3 is 9.47 Å². The van der Waals surface area contributed by atoms with E-state index in [4.69, 9.17) is 19.6 Å². The molecule has 1 aliphatic heterocycles. The fourth-order valence-corrected chi connectivity index (χ4v) is 3.69. The first-order valence-electron chi connectivity index (χ1n) is 10.3. The van der Waals surface area contributed by atoms with Crippen LogP contribution in [0.3, 0.4) is 0 Å². The minimum Gasteiger partial charge on any atom is -0.493 e. The van der Waals surface area contributed by atoms with E-state index in [0.29, 0.717) is 13.0 Å². The van der Waals surface area contributed by atoms with Gasteiger partial charge in [-0.2, -0.15) is 5.10 Å². The van der Waals surface area contributed by atoms with Crippen LogP contribution in [0.25, 0.3) is 11.4 Å². The molecule has 0 radical (unpaired) electrons. The predicted octanol–water partition coefficient (Wildman–Crippen LogP) is 4.15. The summed E-state index contributed by atoms with van der Waals surface area (Å²) in [5.41, 5.74) is 3.36. The average molecular weight is 393 g/mol. The Kier molecular flexibility index (Phi) is 6.20. The number of ether oxygens (including phenoxy) is 2. The van der Waals surface area contributed by atoms with Gasteiger partial charge >= 0.3 is 0 Å². The summed E-state index contributed by atoms with van der Waals surface area (Å²) < 4.78 is 14.0. The Labute approximate surface area is 171 Å². The first-order valence-corrected chi connectivity index (χ1v) is 10.3. The van der Waals surface area contributed by atoms with E-state index >= 15 is 0 Å². The van der Waals surface area contributed by atoms with Crippen molar-refractivity contribution in [1.82, 2.24) is 19.7 Å². The number of aromatic nitrogens is 4. The van der Waals surface area contributed by atoms with Gasteiger partial charge in [0.25, 0.3) is 0 Å². The monoisotopic (exact) mass is 392 g/mol. The van der Waals surface area contributed by atoms with Crippen molar-refractivity contribution in [2.45, 2.75) is 52.2 Å². The topological polar surface area (TPSA) is 62.1 Å². The van der Waals surface area contributed by atoms with Gasteiger partial charge in [0, 0.05) is 31.0 Å². The summed E-state index contributed by atoms with van der Waals surface area (Å²) in [5.74, 6) is 2.58. The van der Waals surface area contributed by atoms with Gasteiger partial charge in [0.1, 0.15) is 11.6 Å². The van der Waals surface area contributed by atoms with E-state index in [-0.39, 0.29) is 6.10 Å². The number of hydrogen-bond donors (Lipinski definition) is 0. The summed E-state index contributed by atoms with van der Waals surface area (Å²) in [6.07, 6.45) is 7.86. The van der Waals surface area contributed by atoms with Gasteiger partial charge in [0.15, 0.2) is 5.82 Å². The fraction of sp³-hybridized carbons (Fsp3) is 0.435. The number of nitrogens with zero attached hydrogens (tertiary/aromatic N) is 4. The van der Waals surface area contributed by atoms with Crippen LogP contribution in [0.15, 0.2) is 42.7 Å². The van der Waals surface area contributed by atoms with Crippen LogP contribution >= 0.6 is 0 Å².